The molecule has 0 fully saturated rings. The molecule has 0 amide bonds. The Kier molecular flexibility index (Phi) is 10.2. The summed E-state index contributed by atoms with van der Waals surface area (Å²) in [5.74, 6) is 0. The standard InChI is InChI=1S/C68H70BN3/c1-43-37-44(2)63-54(38-43)67(12)36-35-46-23-17-18-24-53(46)68(67,13)72(63)51-32-33-56-59(42-51)70(50-30-27-47(28-31-50)64(3,4)5)60-40-49(66(9,10)11)41-61-62(60)69(56)55-25-19-20-26-58(55)71(61)57-34-29-48(65(6,7)8)39-52(57)45-21-15-14-16-22-45/h14-34,37-42H,35-36H2,1-13H3. The van der Waals surface area contributed by atoms with Crippen LogP contribution in [0.2, 0.25) is 0 Å². The molecule has 0 radical (unpaired) electrons. The molecule has 8 aromatic rings. The predicted molar refractivity (Wildman–Crippen MR) is 310 cm³/mol. The van der Waals surface area contributed by atoms with E-state index in [1.807, 2.05) is 0 Å². The molecule has 0 saturated heterocycles. The zero-order valence-electron chi connectivity index (χ0n) is 44.9. The minimum absolute atomic E-state index is 0.00819. The van der Waals surface area contributed by atoms with Crippen molar-refractivity contribution in [1.82, 2.24) is 0 Å². The molecule has 4 aliphatic rings. The van der Waals surface area contributed by atoms with Crippen molar-refractivity contribution in [2.75, 3.05) is 14.7 Å². The summed E-state index contributed by atoms with van der Waals surface area (Å²) in [6, 6.07) is 63.8. The van der Waals surface area contributed by atoms with Crippen molar-refractivity contribution in [3.05, 3.63) is 208 Å². The van der Waals surface area contributed by atoms with Crippen LogP contribution in [0.25, 0.3) is 11.1 Å². The molecule has 12 rings (SSSR count). The number of anilines is 8. The van der Waals surface area contributed by atoms with E-state index in [0.29, 0.717) is 0 Å². The number of hydrogen-bond acceptors (Lipinski definition) is 3. The first kappa shape index (κ1) is 46.3. The normalized spacial score (nSPS) is 18.8. The molecule has 72 heavy (non-hydrogen) atoms. The van der Waals surface area contributed by atoms with Crippen molar-refractivity contribution in [3.8, 4) is 11.1 Å². The van der Waals surface area contributed by atoms with Crippen molar-refractivity contribution >= 4 is 68.6 Å². The van der Waals surface area contributed by atoms with E-state index in [1.54, 1.807) is 0 Å². The zero-order valence-corrected chi connectivity index (χ0v) is 44.9. The van der Waals surface area contributed by atoms with Crippen molar-refractivity contribution in [1.29, 1.82) is 0 Å². The van der Waals surface area contributed by atoms with E-state index in [9.17, 15) is 0 Å². The largest absolute Gasteiger partial charge is 0.330 e. The minimum atomic E-state index is -0.327. The van der Waals surface area contributed by atoms with Gasteiger partial charge in [0.05, 0.1) is 11.2 Å². The van der Waals surface area contributed by atoms with Gasteiger partial charge in [-0.3, -0.25) is 0 Å². The third-order valence-corrected chi connectivity index (χ3v) is 17.5. The Balaban J connectivity index is 1.16. The highest BCUT2D eigenvalue weighted by atomic mass is 15.3. The molecule has 360 valence electrons. The monoisotopic (exact) mass is 940 g/mol. The van der Waals surface area contributed by atoms with Gasteiger partial charge in [0.1, 0.15) is 0 Å². The summed E-state index contributed by atoms with van der Waals surface area (Å²) in [5, 5.41) is 0. The number of nitrogens with zero attached hydrogens (tertiary/aromatic N) is 3. The molecule has 3 nitrogen and oxygen atoms in total. The van der Waals surface area contributed by atoms with Gasteiger partial charge in [-0.15, -0.1) is 0 Å². The molecule has 4 heteroatoms. The van der Waals surface area contributed by atoms with Crippen LogP contribution in [0.3, 0.4) is 0 Å². The highest BCUT2D eigenvalue weighted by molar-refractivity contribution is 7.00. The molecule has 0 bridgehead atoms. The van der Waals surface area contributed by atoms with Crippen molar-refractivity contribution in [2.45, 2.75) is 130 Å². The molecule has 3 heterocycles. The maximum Gasteiger partial charge on any atom is 0.252 e. The molecule has 8 aromatic carbocycles. The lowest BCUT2D eigenvalue weighted by Crippen LogP contribution is -2.61. The van der Waals surface area contributed by atoms with E-state index < -0.39 is 0 Å². The van der Waals surface area contributed by atoms with Gasteiger partial charge in [0.25, 0.3) is 6.71 Å². The molecular weight excluding hydrogens is 870 g/mol. The highest BCUT2D eigenvalue weighted by Crippen LogP contribution is 2.65. The first-order chi connectivity index (χ1) is 34.2. The van der Waals surface area contributed by atoms with Gasteiger partial charge in [0, 0.05) is 50.8 Å². The van der Waals surface area contributed by atoms with E-state index in [2.05, 4.69) is 269 Å². The maximum atomic E-state index is 2.77. The van der Waals surface area contributed by atoms with Crippen LogP contribution in [-0.4, -0.2) is 6.71 Å². The maximum absolute atomic E-state index is 2.77. The Labute approximate surface area is 430 Å². The Morgan fingerprint density at radius 3 is 1.79 bits per heavy atom. The summed E-state index contributed by atoms with van der Waals surface area (Å²) in [5.41, 5.74) is 26.8. The van der Waals surface area contributed by atoms with Gasteiger partial charge < -0.3 is 14.7 Å². The summed E-state index contributed by atoms with van der Waals surface area (Å²) >= 11 is 0. The molecule has 0 aromatic heterocycles. The van der Waals surface area contributed by atoms with Crippen molar-refractivity contribution < 1.29 is 0 Å². The van der Waals surface area contributed by atoms with Crippen LogP contribution in [0.5, 0.6) is 0 Å². The Morgan fingerprint density at radius 1 is 0.472 bits per heavy atom. The smallest absolute Gasteiger partial charge is 0.252 e. The molecular formula is C68H70BN3. The molecule has 0 N–H and O–H groups in total. The van der Waals surface area contributed by atoms with Gasteiger partial charge in [0.15, 0.2) is 0 Å². The number of rotatable bonds is 4. The third-order valence-electron chi connectivity index (χ3n) is 17.5. The van der Waals surface area contributed by atoms with Crippen LogP contribution < -0.4 is 31.1 Å². The van der Waals surface area contributed by atoms with Crippen LogP contribution in [0, 0.1) is 13.8 Å². The summed E-state index contributed by atoms with van der Waals surface area (Å²) in [4.78, 5) is 8.02. The SMILES string of the molecule is Cc1cc(C)c2c(c1)C1(C)CCc3ccccc3C1(C)N2c1ccc2c(c1)N(c1ccc(C(C)(C)C)cc1)c1cc(C(C)(C)C)cc3c1B2c1ccccc1N3c1ccc(C(C)(C)C)cc1-c1ccccc1. The summed E-state index contributed by atoms with van der Waals surface area (Å²) < 4.78 is 0. The quantitative estimate of drug-likeness (QED) is 0.163. The first-order valence-corrected chi connectivity index (χ1v) is 26.5. The topological polar surface area (TPSA) is 9.72 Å². The van der Waals surface area contributed by atoms with Crippen LogP contribution in [-0.2, 0) is 33.6 Å². The molecule has 0 saturated carbocycles. The number of aryl methyl sites for hydroxylation is 3. The third kappa shape index (κ3) is 6.77. The lowest BCUT2D eigenvalue weighted by Gasteiger charge is -2.51. The van der Waals surface area contributed by atoms with Crippen LogP contribution in [0.4, 0.5) is 45.5 Å². The number of hydrogen-bond donors (Lipinski definition) is 0. The second kappa shape index (κ2) is 15.9. The van der Waals surface area contributed by atoms with Gasteiger partial charge in [-0.1, -0.05) is 184 Å². The lowest BCUT2D eigenvalue weighted by molar-refractivity contribution is 0.245. The second-order valence-corrected chi connectivity index (χ2v) is 25.1. The number of fused-ring (bicyclic) bond motifs is 9. The van der Waals surface area contributed by atoms with E-state index in [0.717, 1.165) is 12.8 Å². The number of benzene rings is 8. The predicted octanol–water partition coefficient (Wildman–Crippen LogP) is 16.2. The fourth-order valence-corrected chi connectivity index (χ4v) is 13.4. The fraction of sp³-hybridized carbons (Fsp3) is 0.294. The van der Waals surface area contributed by atoms with Crippen LogP contribution in [0.15, 0.2) is 164 Å². The average molecular weight is 940 g/mol. The van der Waals surface area contributed by atoms with Crippen LogP contribution in [0.1, 0.15) is 127 Å². The first-order valence-electron chi connectivity index (χ1n) is 26.5. The van der Waals surface area contributed by atoms with E-state index in [-0.39, 0.29) is 33.9 Å². The average Bonchev–Trinajstić information content (AvgIpc) is 3.56. The van der Waals surface area contributed by atoms with E-state index in [4.69, 9.17) is 0 Å². The van der Waals surface area contributed by atoms with Gasteiger partial charge in [-0.2, -0.15) is 0 Å². The van der Waals surface area contributed by atoms with Gasteiger partial charge in [0.2, 0.25) is 0 Å². The van der Waals surface area contributed by atoms with Gasteiger partial charge in [-0.05, 0) is 165 Å². The Bertz CT molecular complexity index is 3490. The summed E-state index contributed by atoms with van der Waals surface area (Å²) in [6.07, 6.45) is 2.17. The minimum Gasteiger partial charge on any atom is -0.330 e. The zero-order chi connectivity index (χ0) is 50.4. The molecule has 1 aliphatic carbocycles. The summed E-state index contributed by atoms with van der Waals surface area (Å²) in [7, 11) is 0. The molecule has 2 unspecified atom stereocenters. The van der Waals surface area contributed by atoms with Crippen molar-refractivity contribution in [2.24, 2.45) is 0 Å². The Hall–Kier alpha value is -6.78. The fourth-order valence-electron chi connectivity index (χ4n) is 13.4. The van der Waals surface area contributed by atoms with E-state index in [1.165, 1.54) is 118 Å². The van der Waals surface area contributed by atoms with Gasteiger partial charge in [-0.25, -0.2) is 0 Å². The van der Waals surface area contributed by atoms with E-state index >= 15 is 0 Å². The lowest BCUT2D eigenvalue weighted by atomic mass is 9.33. The summed E-state index contributed by atoms with van der Waals surface area (Å²) in [6.45, 7) is 30.8. The molecule has 2 atom stereocenters. The van der Waals surface area contributed by atoms with Crippen LogP contribution >= 0.6 is 0 Å². The van der Waals surface area contributed by atoms with Crippen molar-refractivity contribution in [3.63, 3.8) is 0 Å². The van der Waals surface area contributed by atoms with Gasteiger partial charge >= 0.3 is 0 Å². The number of para-hydroxylation sites is 1. The molecule has 0 spiro atoms. The second-order valence-electron chi connectivity index (χ2n) is 25.1. The Morgan fingerprint density at radius 2 is 1.08 bits per heavy atom. The highest BCUT2D eigenvalue weighted by Gasteiger charge is 2.60. The molecule has 3 aliphatic heterocycles.